The maximum atomic E-state index is 10.4. The van der Waals surface area contributed by atoms with Gasteiger partial charge in [-0.1, -0.05) is 0 Å². The van der Waals surface area contributed by atoms with Gasteiger partial charge in [-0.15, -0.1) is 11.3 Å². The van der Waals surface area contributed by atoms with Gasteiger partial charge < -0.3 is 5.73 Å². The summed E-state index contributed by atoms with van der Waals surface area (Å²) in [6.45, 7) is 3.70. The molecular formula is C8H13N3O2S. The van der Waals surface area contributed by atoms with Gasteiger partial charge in [-0.05, 0) is 13.8 Å². The summed E-state index contributed by atoms with van der Waals surface area (Å²) < 4.78 is 0. The minimum atomic E-state index is -0.501. The monoisotopic (exact) mass is 215 g/mol. The molecule has 0 spiro atoms. The molecule has 14 heavy (non-hydrogen) atoms. The first-order chi connectivity index (χ1) is 6.59. The topological polar surface area (TPSA) is 77.2 Å². The van der Waals surface area contributed by atoms with E-state index in [1.807, 2.05) is 19.2 Å². The zero-order valence-corrected chi connectivity index (χ0v) is 8.93. The molecule has 0 aromatic carbocycles. The van der Waals surface area contributed by atoms with Crippen LogP contribution < -0.4 is 11.2 Å². The Labute approximate surface area is 86.2 Å². The van der Waals surface area contributed by atoms with Crippen molar-refractivity contribution < 1.29 is 9.63 Å². The molecule has 1 aromatic heterocycles. The highest BCUT2D eigenvalue weighted by atomic mass is 32.1. The fraction of sp³-hybridized carbons (Fsp3) is 0.500. The first-order valence-corrected chi connectivity index (χ1v) is 5.05. The van der Waals surface area contributed by atoms with Crippen LogP contribution in [-0.4, -0.2) is 17.5 Å². The van der Waals surface area contributed by atoms with Crippen molar-refractivity contribution in [3.8, 4) is 0 Å². The van der Waals surface area contributed by atoms with E-state index in [9.17, 15) is 4.79 Å². The summed E-state index contributed by atoms with van der Waals surface area (Å²) >= 11 is 1.57. The van der Waals surface area contributed by atoms with Crippen molar-refractivity contribution in [2.45, 2.75) is 19.9 Å². The average molecular weight is 215 g/mol. The number of nitrogens with two attached hydrogens (primary N) is 1. The van der Waals surface area contributed by atoms with Gasteiger partial charge in [0.2, 0.25) is 5.91 Å². The number of nitrogens with zero attached hydrogens (tertiary/aromatic N) is 1. The van der Waals surface area contributed by atoms with E-state index in [0.717, 1.165) is 10.7 Å². The highest BCUT2D eigenvalue weighted by molar-refractivity contribution is 7.09. The van der Waals surface area contributed by atoms with Crippen molar-refractivity contribution in [3.63, 3.8) is 0 Å². The molecule has 1 atom stereocenters. The minimum Gasteiger partial charge on any atom is -0.368 e. The molecule has 6 heteroatoms. The molecule has 5 nitrogen and oxygen atoms in total. The lowest BCUT2D eigenvalue weighted by Gasteiger charge is -2.09. The lowest BCUT2D eigenvalue weighted by molar-refractivity contribution is -0.126. The summed E-state index contributed by atoms with van der Waals surface area (Å²) in [5, 5.41) is 2.95. The Kier molecular flexibility index (Phi) is 3.99. The van der Waals surface area contributed by atoms with E-state index in [-0.39, 0.29) is 12.6 Å². The second kappa shape index (κ2) is 5.04. The Morgan fingerprint density at radius 1 is 1.86 bits per heavy atom. The number of rotatable bonds is 5. The van der Waals surface area contributed by atoms with Crippen LogP contribution in [0.25, 0.3) is 0 Å². The van der Waals surface area contributed by atoms with Crippen LogP contribution in [0, 0.1) is 6.92 Å². The molecule has 0 aliphatic carbocycles. The zero-order valence-electron chi connectivity index (χ0n) is 8.11. The second-order valence-corrected chi connectivity index (χ2v) is 3.95. The second-order valence-electron chi connectivity index (χ2n) is 2.89. The van der Waals surface area contributed by atoms with E-state index in [2.05, 4.69) is 10.5 Å². The normalized spacial score (nSPS) is 12.7. The van der Waals surface area contributed by atoms with E-state index in [0.29, 0.717) is 0 Å². The molecule has 1 aromatic rings. The molecular weight excluding hydrogens is 202 g/mol. The summed E-state index contributed by atoms with van der Waals surface area (Å²) in [5.74, 6) is -0.501. The van der Waals surface area contributed by atoms with Crippen LogP contribution >= 0.6 is 11.3 Å². The van der Waals surface area contributed by atoms with E-state index in [1.165, 1.54) is 0 Å². The van der Waals surface area contributed by atoms with Gasteiger partial charge in [0.25, 0.3) is 0 Å². The van der Waals surface area contributed by atoms with Crippen molar-refractivity contribution in [1.29, 1.82) is 0 Å². The number of hydrogen-bond donors (Lipinski definition) is 2. The average Bonchev–Trinajstić information content (AvgIpc) is 2.51. The number of carbonyl (C=O) groups excluding carboxylic acids is 1. The smallest absolute Gasteiger partial charge is 0.245 e. The van der Waals surface area contributed by atoms with Gasteiger partial charge in [0.1, 0.15) is 6.61 Å². The Morgan fingerprint density at radius 3 is 3.07 bits per heavy atom. The third-order valence-electron chi connectivity index (χ3n) is 1.55. The number of aryl methyl sites for hydroxylation is 1. The quantitative estimate of drug-likeness (QED) is 0.702. The van der Waals surface area contributed by atoms with Crippen LogP contribution in [0.5, 0.6) is 0 Å². The standard InChI is InChI=1S/C8H13N3O2S/c1-5(11-13-3-8(9)12)7-4-14-6(2)10-7/h4-5,11H,3H2,1-2H3,(H2,9,12). The first-order valence-electron chi connectivity index (χ1n) is 4.17. The van der Waals surface area contributed by atoms with E-state index >= 15 is 0 Å². The molecule has 1 rings (SSSR count). The molecule has 0 saturated heterocycles. The summed E-state index contributed by atoms with van der Waals surface area (Å²) in [6.07, 6.45) is 0. The van der Waals surface area contributed by atoms with Crippen LogP contribution in [0.2, 0.25) is 0 Å². The van der Waals surface area contributed by atoms with Crippen molar-refractivity contribution in [1.82, 2.24) is 10.5 Å². The highest BCUT2D eigenvalue weighted by Gasteiger charge is 2.08. The molecule has 1 heterocycles. The van der Waals surface area contributed by atoms with Crippen molar-refractivity contribution in [2.75, 3.05) is 6.61 Å². The van der Waals surface area contributed by atoms with E-state index in [1.54, 1.807) is 11.3 Å². The van der Waals surface area contributed by atoms with Gasteiger partial charge >= 0.3 is 0 Å². The largest absolute Gasteiger partial charge is 0.368 e. The van der Waals surface area contributed by atoms with Crippen LogP contribution in [0.1, 0.15) is 23.7 Å². The van der Waals surface area contributed by atoms with E-state index in [4.69, 9.17) is 10.6 Å². The number of carbonyl (C=O) groups is 1. The molecule has 3 N–H and O–H groups in total. The molecule has 0 aliphatic heterocycles. The van der Waals surface area contributed by atoms with Crippen LogP contribution in [0.4, 0.5) is 0 Å². The summed E-state index contributed by atoms with van der Waals surface area (Å²) in [6, 6.07) is -0.0423. The molecule has 0 saturated carbocycles. The maximum absolute atomic E-state index is 10.4. The van der Waals surface area contributed by atoms with Crippen LogP contribution in [-0.2, 0) is 9.63 Å². The third-order valence-corrected chi connectivity index (χ3v) is 2.35. The van der Waals surface area contributed by atoms with Gasteiger partial charge in [-0.25, -0.2) is 4.98 Å². The number of hydrogen-bond acceptors (Lipinski definition) is 5. The maximum Gasteiger partial charge on any atom is 0.245 e. The molecule has 0 fully saturated rings. The predicted octanol–water partition coefficient (Wildman–Crippen LogP) is 0.519. The van der Waals surface area contributed by atoms with Crippen LogP contribution in [0.15, 0.2) is 5.38 Å². The molecule has 1 amide bonds. The van der Waals surface area contributed by atoms with Crippen LogP contribution in [0.3, 0.4) is 0 Å². The molecule has 78 valence electrons. The van der Waals surface area contributed by atoms with Gasteiger partial charge in [-0.2, -0.15) is 5.48 Å². The van der Waals surface area contributed by atoms with Crippen molar-refractivity contribution in [2.24, 2.45) is 5.73 Å². The fourth-order valence-electron chi connectivity index (χ4n) is 0.877. The summed E-state index contributed by atoms with van der Waals surface area (Å²) in [7, 11) is 0. The van der Waals surface area contributed by atoms with Crippen molar-refractivity contribution in [3.05, 3.63) is 16.1 Å². The third kappa shape index (κ3) is 3.41. The number of thiazole rings is 1. The first kappa shape index (κ1) is 11.1. The zero-order chi connectivity index (χ0) is 10.6. The number of nitrogens with one attached hydrogen (secondary N) is 1. The summed E-state index contributed by atoms with van der Waals surface area (Å²) in [4.78, 5) is 19.5. The van der Waals surface area contributed by atoms with Gasteiger partial charge in [-0.3, -0.25) is 9.63 Å². The molecule has 0 aliphatic rings. The number of primary amides is 1. The lowest BCUT2D eigenvalue weighted by atomic mass is 10.3. The Morgan fingerprint density at radius 2 is 2.57 bits per heavy atom. The number of aromatic nitrogens is 1. The van der Waals surface area contributed by atoms with Gasteiger partial charge in [0, 0.05) is 5.38 Å². The predicted molar refractivity (Wildman–Crippen MR) is 53.5 cm³/mol. The minimum absolute atomic E-state index is 0.0423. The Bertz CT molecular complexity index is 313. The molecule has 1 unspecified atom stereocenters. The SMILES string of the molecule is Cc1nc(C(C)NOCC(N)=O)cs1. The van der Waals surface area contributed by atoms with Gasteiger partial charge in [0.05, 0.1) is 16.7 Å². The Hall–Kier alpha value is -0.980. The number of hydroxylamine groups is 1. The lowest BCUT2D eigenvalue weighted by Crippen LogP contribution is -2.26. The van der Waals surface area contributed by atoms with E-state index < -0.39 is 5.91 Å². The molecule has 0 bridgehead atoms. The highest BCUT2D eigenvalue weighted by Crippen LogP contribution is 2.15. The number of amides is 1. The van der Waals surface area contributed by atoms with Gasteiger partial charge in [0.15, 0.2) is 0 Å². The fourth-order valence-corrected chi connectivity index (χ4v) is 1.58. The molecule has 0 radical (unpaired) electrons. The summed E-state index contributed by atoms with van der Waals surface area (Å²) in [5.41, 5.74) is 8.49. The Balaban J connectivity index is 2.35. The van der Waals surface area contributed by atoms with Crippen molar-refractivity contribution >= 4 is 17.2 Å².